The van der Waals surface area contributed by atoms with Crippen molar-refractivity contribution in [1.82, 2.24) is 20.1 Å². The van der Waals surface area contributed by atoms with Gasteiger partial charge >= 0.3 is 5.97 Å². The molecule has 2 fully saturated rings. The van der Waals surface area contributed by atoms with Gasteiger partial charge in [-0.1, -0.05) is 60.0 Å². The number of amides is 1. The molecule has 3 heterocycles. The largest absolute Gasteiger partial charge is 0.492 e. The number of hydrogen-bond donors (Lipinski definition) is 2. The number of carboxylic acids is 1. The number of carbonyl (C=O) groups excluding carboxylic acids is 1. The van der Waals surface area contributed by atoms with Crippen LogP contribution in [0.25, 0.3) is 11.1 Å². The number of nitrogens with zero attached hydrogens (tertiary/aromatic N) is 4. The van der Waals surface area contributed by atoms with Gasteiger partial charge in [0.05, 0.1) is 22.2 Å². The first kappa shape index (κ1) is 41.8. The Kier molecular flexibility index (Phi) is 14.7. The van der Waals surface area contributed by atoms with Crippen LogP contribution in [0.3, 0.4) is 0 Å². The lowest BCUT2D eigenvalue weighted by molar-refractivity contribution is -0.144. The normalized spacial score (nSPS) is 16.4. The van der Waals surface area contributed by atoms with Crippen molar-refractivity contribution in [1.29, 1.82) is 5.26 Å². The second-order valence-corrected chi connectivity index (χ2v) is 15.5. The highest BCUT2D eigenvalue weighted by Gasteiger charge is 2.29. The summed E-state index contributed by atoms with van der Waals surface area (Å²) >= 11 is 13.8. The number of aliphatic carboxylic acids is 1. The minimum absolute atomic E-state index is 0.0298. The van der Waals surface area contributed by atoms with Gasteiger partial charge in [-0.15, -0.1) is 0 Å². The molecule has 0 aliphatic carbocycles. The first-order valence-corrected chi connectivity index (χ1v) is 20.2. The van der Waals surface area contributed by atoms with Gasteiger partial charge in [-0.3, -0.25) is 19.5 Å². The molecule has 0 bridgehead atoms. The monoisotopic (exact) mass is 813 g/mol. The van der Waals surface area contributed by atoms with Gasteiger partial charge in [0, 0.05) is 74.3 Å². The Morgan fingerprint density at radius 2 is 1.68 bits per heavy atom. The Morgan fingerprint density at radius 3 is 2.46 bits per heavy atom. The van der Waals surface area contributed by atoms with Gasteiger partial charge in [0.2, 0.25) is 5.91 Å². The van der Waals surface area contributed by atoms with E-state index in [1.807, 2.05) is 48.2 Å². The predicted octanol–water partition coefficient (Wildman–Crippen LogP) is 8.20. The van der Waals surface area contributed by atoms with E-state index >= 15 is 0 Å². The van der Waals surface area contributed by atoms with Gasteiger partial charge in [0.15, 0.2) is 0 Å². The third kappa shape index (κ3) is 11.2. The molecular weight excluding hydrogens is 765 g/mol. The van der Waals surface area contributed by atoms with Gasteiger partial charge in [0.1, 0.15) is 42.6 Å². The number of carbonyl (C=O) groups is 2. The number of rotatable bonds is 16. The van der Waals surface area contributed by atoms with Crippen LogP contribution in [0, 0.1) is 18.3 Å². The maximum atomic E-state index is 12.1. The smallest absolute Gasteiger partial charge is 0.320 e. The van der Waals surface area contributed by atoms with Crippen molar-refractivity contribution >= 4 is 35.1 Å². The van der Waals surface area contributed by atoms with E-state index in [2.05, 4.69) is 21.3 Å². The molecule has 2 aliphatic rings. The molecule has 2 N–H and O–H groups in total. The molecule has 1 amide bonds. The first-order chi connectivity index (χ1) is 27.6. The highest BCUT2D eigenvalue weighted by Crippen LogP contribution is 2.39. The van der Waals surface area contributed by atoms with Gasteiger partial charge < -0.3 is 29.5 Å². The van der Waals surface area contributed by atoms with Crippen molar-refractivity contribution in [2.75, 3.05) is 32.8 Å². The second kappa shape index (κ2) is 20.0. The lowest BCUT2D eigenvalue weighted by atomic mass is 9.96. The molecule has 6 rings (SSSR count). The fourth-order valence-corrected chi connectivity index (χ4v) is 8.11. The molecular formula is C44H49Cl2N5O6. The molecule has 0 unspecified atom stereocenters. The van der Waals surface area contributed by atoms with Crippen molar-refractivity contribution < 1.29 is 28.9 Å². The number of benzene rings is 3. The lowest BCUT2D eigenvalue weighted by Crippen LogP contribution is -2.44. The molecule has 0 radical (unpaired) electrons. The average molecular weight is 815 g/mol. The Labute approximate surface area is 344 Å². The Morgan fingerprint density at radius 1 is 0.912 bits per heavy atom. The first-order valence-electron chi connectivity index (χ1n) is 19.5. The quantitative estimate of drug-likeness (QED) is 0.107. The minimum atomic E-state index is -0.843. The highest BCUT2D eigenvalue weighted by atomic mass is 35.5. The fraction of sp³-hybridized carbons (Fsp3) is 0.409. The Balaban J connectivity index is 1.13. The number of aromatic nitrogens is 1. The van der Waals surface area contributed by atoms with Crippen LogP contribution >= 0.6 is 23.2 Å². The van der Waals surface area contributed by atoms with E-state index in [1.165, 1.54) is 6.20 Å². The Bertz CT molecular complexity index is 2080. The molecule has 1 atom stereocenters. The lowest BCUT2D eigenvalue weighted by Gasteiger charge is -2.33. The maximum Gasteiger partial charge on any atom is 0.320 e. The molecule has 57 heavy (non-hydrogen) atoms. The van der Waals surface area contributed by atoms with E-state index < -0.39 is 12.0 Å². The average Bonchev–Trinajstić information content (AvgIpc) is 3.20. The van der Waals surface area contributed by atoms with Crippen molar-refractivity contribution in [2.45, 2.75) is 84.2 Å². The number of nitrogens with one attached hydrogen (secondary N) is 1. The number of nitriles is 1. The van der Waals surface area contributed by atoms with Gasteiger partial charge in [0.25, 0.3) is 0 Å². The molecule has 1 aromatic heterocycles. The van der Waals surface area contributed by atoms with E-state index in [9.17, 15) is 20.0 Å². The standard InChI is InChI=1S/C44H49Cl2N5O6/c1-29-33(8-5-9-36(29)37-10-6-12-40(43(37)46)55-19-7-15-50-17-13-35(14-18-50)49-30(2)52)28-57-42-22-41(56-27-32-20-31(23-47)24-48-25-32)34(21-38(42)45)26-51-16-4-3-11-39(51)44(53)54/h5-6,8-10,12,20-22,24-25,35,39H,3-4,7,11,13-19,26-28H2,1-2H3,(H,49,52)(H,53,54)/t39-/m0/s1. The number of ether oxygens (including phenoxy) is 3. The van der Waals surface area contributed by atoms with Crippen LogP contribution in [-0.4, -0.2) is 76.6 Å². The summed E-state index contributed by atoms with van der Waals surface area (Å²) in [5.74, 6) is 0.745. The predicted molar refractivity (Wildman–Crippen MR) is 220 cm³/mol. The molecule has 4 aromatic rings. The SMILES string of the molecule is CC(=O)NC1CCN(CCCOc2cccc(-c3cccc(COc4cc(OCc5cncc(C#N)c5)c(CN5CCCC[C@H]5C(=O)O)cc4Cl)c3C)c2Cl)CC1. The molecule has 0 saturated carbocycles. The molecule has 2 aliphatic heterocycles. The zero-order chi connectivity index (χ0) is 40.3. The van der Waals surface area contributed by atoms with Crippen molar-refractivity contribution in [2.24, 2.45) is 0 Å². The van der Waals surface area contributed by atoms with Crippen LogP contribution in [0.1, 0.15) is 73.3 Å². The summed E-state index contributed by atoms with van der Waals surface area (Å²) in [5, 5.41) is 23.2. The molecule has 0 spiro atoms. The molecule has 300 valence electrons. The van der Waals surface area contributed by atoms with Crippen molar-refractivity contribution in [3.8, 4) is 34.4 Å². The number of halogens is 2. The molecule has 3 aromatic carbocycles. The van der Waals surface area contributed by atoms with E-state index in [0.29, 0.717) is 59.0 Å². The number of hydrogen-bond acceptors (Lipinski definition) is 9. The third-order valence-corrected chi connectivity index (χ3v) is 11.3. The number of likely N-dealkylation sites (tertiary alicyclic amines) is 2. The summed E-state index contributed by atoms with van der Waals surface area (Å²) in [7, 11) is 0. The van der Waals surface area contributed by atoms with Crippen LogP contribution in [0.4, 0.5) is 0 Å². The third-order valence-electron chi connectivity index (χ3n) is 10.7. The van der Waals surface area contributed by atoms with E-state index in [-0.39, 0.29) is 25.2 Å². The zero-order valence-corrected chi connectivity index (χ0v) is 34.0. The maximum absolute atomic E-state index is 12.1. The van der Waals surface area contributed by atoms with Gasteiger partial charge in [-0.2, -0.15) is 5.26 Å². The number of piperidine rings is 2. The van der Waals surface area contributed by atoms with E-state index in [0.717, 1.165) is 85.1 Å². The van der Waals surface area contributed by atoms with Crippen LogP contribution in [0.15, 0.2) is 67.0 Å². The molecule has 2 saturated heterocycles. The second-order valence-electron chi connectivity index (χ2n) is 14.7. The van der Waals surface area contributed by atoms with E-state index in [1.54, 1.807) is 31.3 Å². The summed E-state index contributed by atoms with van der Waals surface area (Å²) in [6.07, 6.45) is 8.27. The minimum Gasteiger partial charge on any atom is -0.492 e. The van der Waals surface area contributed by atoms with Crippen molar-refractivity contribution in [3.63, 3.8) is 0 Å². The van der Waals surface area contributed by atoms with Crippen LogP contribution in [0.5, 0.6) is 17.2 Å². The van der Waals surface area contributed by atoms with Crippen LogP contribution in [-0.2, 0) is 29.3 Å². The zero-order valence-electron chi connectivity index (χ0n) is 32.4. The topological polar surface area (TPSA) is 137 Å². The summed E-state index contributed by atoms with van der Waals surface area (Å²) in [6, 6.07) is 18.9. The molecule has 11 nitrogen and oxygen atoms in total. The summed E-state index contributed by atoms with van der Waals surface area (Å²) < 4.78 is 18.9. The summed E-state index contributed by atoms with van der Waals surface area (Å²) in [4.78, 5) is 32.0. The van der Waals surface area contributed by atoms with Crippen molar-refractivity contribution in [3.05, 3.63) is 105 Å². The number of pyridine rings is 1. The summed E-state index contributed by atoms with van der Waals surface area (Å²) in [5.41, 5.74) is 5.64. The summed E-state index contributed by atoms with van der Waals surface area (Å²) in [6.45, 7) is 8.32. The van der Waals surface area contributed by atoms with Crippen LogP contribution < -0.4 is 19.5 Å². The number of carboxylic acid groups (broad SMARTS) is 1. The highest BCUT2D eigenvalue weighted by molar-refractivity contribution is 6.35. The van der Waals surface area contributed by atoms with Gasteiger partial charge in [-0.05, 0) is 80.5 Å². The molecule has 13 heteroatoms. The van der Waals surface area contributed by atoms with Gasteiger partial charge in [-0.25, -0.2) is 0 Å². The van der Waals surface area contributed by atoms with E-state index in [4.69, 9.17) is 37.4 Å². The van der Waals surface area contributed by atoms with Crippen LogP contribution in [0.2, 0.25) is 10.0 Å². The fourth-order valence-electron chi connectivity index (χ4n) is 7.59. The Hall–Kier alpha value is -4.86.